The zero-order valence-electron chi connectivity index (χ0n) is 11.4. The zero-order valence-corrected chi connectivity index (χ0v) is 12.2. The lowest BCUT2D eigenvalue weighted by Gasteiger charge is -2.13. The van der Waals surface area contributed by atoms with Crippen molar-refractivity contribution in [2.45, 2.75) is 26.3 Å². The number of hydrogen-bond donors (Lipinski definition) is 0. The van der Waals surface area contributed by atoms with Crippen molar-refractivity contribution in [3.63, 3.8) is 0 Å². The molecule has 0 aliphatic rings. The van der Waals surface area contributed by atoms with Crippen molar-refractivity contribution in [1.29, 1.82) is 0 Å². The third-order valence-corrected chi connectivity index (χ3v) is 4.29. The molecule has 0 aromatic carbocycles. The zero-order chi connectivity index (χ0) is 13.9. The third-order valence-electron chi connectivity index (χ3n) is 3.26. The van der Waals surface area contributed by atoms with Gasteiger partial charge in [0.05, 0.1) is 28.3 Å². The van der Waals surface area contributed by atoms with E-state index in [2.05, 4.69) is 27.2 Å². The van der Waals surface area contributed by atoms with Crippen molar-refractivity contribution in [1.82, 2.24) is 25.0 Å². The van der Waals surface area contributed by atoms with Crippen LogP contribution in [0.3, 0.4) is 0 Å². The molecule has 1 unspecified atom stereocenters. The molecule has 0 saturated carbocycles. The first-order chi connectivity index (χ1) is 9.79. The number of hydrogen-bond acceptors (Lipinski definition) is 5. The fraction of sp³-hybridized carbons (Fsp3) is 0.286. The minimum absolute atomic E-state index is 0.195. The molecule has 0 amide bonds. The van der Waals surface area contributed by atoms with Crippen molar-refractivity contribution in [2.24, 2.45) is 0 Å². The fourth-order valence-corrected chi connectivity index (χ4v) is 3.18. The minimum Gasteiger partial charge on any atom is -0.264 e. The summed E-state index contributed by atoms with van der Waals surface area (Å²) in [5, 5.41) is 8.53. The van der Waals surface area contributed by atoms with E-state index in [1.807, 2.05) is 35.4 Å². The largest absolute Gasteiger partial charge is 0.264 e. The monoisotopic (exact) mass is 285 g/mol. The van der Waals surface area contributed by atoms with E-state index in [4.69, 9.17) is 0 Å². The van der Waals surface area contributed by atoms with Crippen molar-refractivity contribution in [3.05, 3.63) is 46.8 Å². The van der Waals surface area contributed by atoms with Crippen LogP contribution in [0.1, 0.15) is 30.0 Å². The van der Waals surface area contributed by atoms with Gasteiger partial charge in [0, 0.05) is 18.0 Å². The second kappa shape index (κ2) is 5.50. The van der Waals surface area contributed by atoms with E-state index < -0.39 is 0 Å². The topological polar surface area (TPSA) is 56.5 Å². The van der Waals surface area contributed by atoms with Crippen molar-refractivity contribution in [2.75, 3.05) is 0 Å². The summed E-state index contributed by atoms with van der Waals surface area (Å²) in [5.41, 5.74) is 4.78. The highest BCUT2D eigenvalue weighted by Crippen LogP contribution is 2.28. The van der Waals surface area contributed by atoms with Crippen LogP contribution in [-0.2, 0) is 0 Å². The SMILES string of the molecule is CCC(c1scnc1C)n1cc(-c2cccnc2)nn1. The maximum atomic E-state index is 4.32. The van der Waals surface area contributed by atoms with Crippen LogP contribution in [0.5, 0.6) is 0 Å². The smallest absolute Gasteiger partial charge is 0.114 e. The summed E-state index contributed by atoms with van der Waals surface area (Å²) in [6.45, 7) is 4.18. The number of nitrogens with zero attached hydrogens (tertiary/aromatic N) is 5. The van der Waals surface area contributed by atoms with Crippen LogP contribution in [0, 0.1) is 6.92 Å². The highest BCUT2D eigenvalue weighted by atomic mass is 32.1. The summed E-state index contributed by atoms with van der Waals surface area (Å²) < 4.78 is 1.92. The van der Waals surface area contributed by atoms with E-state index in [0.717, 1.165) is 23.4 Å². The van der Waals surface area contributed by atoms with Gasteiger partial charge in [0.15, 0.2) is 0 Å². The first-order valence-corrected chi connectivity index (χ1v) is 7.39. The normalized spacial score (nSPS) is 12.5. The van der Waals surface area contributed by atoms with E-state index >= 15 is 0 Å². The Kier molecular flexibility index (Phi) is 3.56. The van der Waals surface area contributed by atoms with Crippen LogP contribution in [0.15, 0.2) is 36.2 Å². The number of aryl methyl sites for hydroxylation is 1. The van der Waals surface area contributed by atoms with Gasteiger partial charge in [0.1, 0.15) is 5.69 Å². The van der Waals surface area contributed by atoms with E-state index in [9.17, 15) is 0 Å². The Bertz CT molecular complexity index is 688. The molecule has 1 atom stereocenters. The van der Waals surface area contributed by atoms with Crippen LogP contribution in [-0.4, -0.2) is 25.0 Å². The van der Waals surface area contributed by atoms with Gasteiger partial charge in [0.25, 0.3) is 0 Å². The number of thiazole rings is 1. The predicted molar refractivity (Wildman–Crippen MR) is 78.5 cm³/mol. The molecular weight excluding hydrogens is 270 g/mol. The Morgan fingerprint density at radius 2 is 2.30 bits per heavy atom. The summed E-state index contributed by atoms with van der Waals surface area (Å²) in [6, 6.07) is 4.08. The molecular formula is C14H15N5S. The lowest BCUT2D eigenvalue weighted by atomic mass is 10.1. The Morgan fingerprint density at radius 1 is 1.40 bits per heavy atom. The molecule has 20 heavy (non-hydrogen) atoms. The Balaban J connectivity index is 1.95. The Morgan fingerprint density at radius 3 is 2.95 bits per heavy atom. The minimum atomic E-state index is 0.195. The van der Waals surface area contributed by atoms with Crippen molar-refractivity contribution in [3.8, 4) is 11.3 Å². The van der Waals surface area contributed by atoms with Gasteiger partial charge in [-0.3, -0.25) is 4.98 Å². The molecule has 3 heterocycles. The molecule has 0 N–H and O–H groups in total. The maximum Gasteiger partial charge on any atom is 0.114 e. The van der Waals surface area contributed by atoms with Gasteiger partial charge < -0.3 is 0 Å². The third kappa shape index (κ3) is 2.34. The van der Waals surface area contributed by atoms with E-state index in [0.29, 0.717) is 0 Å². The molecule has 0 aliphatic carbocycles. The van der Waals surface area contributed by atoms with Crippen LogP contribution in [0.4, 0.5) is 0 Å². The summed E-state index contributed by atoms with van der Waals surface area (Å²) in [6.07, 6.45) is 6.49. The van der Waals surface area contributed by atoms with E-state index in [1.165, 1.54) is 4.88 Å². The summed E-state index contributed by atoms with van der Waals surface area (Å²) in [4.78, 5) is 9.68. The van der Waals surface area contributed by atoms with Gasteiger partial charge in [-0.05, 0) is 25.5 Å². The molecule has 6 heteroatoms. The first-order valence-electron chi connectivity index (χ1n) is 6.51. The molecule has 5 nitrogen and oxygen atoms in total. The second-order valence-electron chi connectivity index (χ2n) is 4.55. The molecule has 3 aromatic rings. The van der Waals surface area contributed by atoms with Crippen LogP contribution in [0.25, 0.3) is 11.3 Å². The molecule has 0 fully saturated rings. The highest BCUT2D eigenvalue weighted by molar-refractivity contribution is 7.09. The van der Waals surface area contributed by atoms with E-state index in [1.54, 1.807) is 23.7 Å². The van der Waals surface area contributed by atoms with Gasteiger partial charge in [-0.25, -0.2) is 9.67 Å². The summed E-state index contributed by atoms with van der Waals surface area (Å²) in [5.74, 6) is 0. The van der Waals surface area contributed by atoms with Gasteiger partial charge >= 0.3 is 0 Å². The molecule has 0 saturated heterocycles. The average molecular weight is 285 g/mol. The quantitative estimate of drug-likeness (QED) is 0.739. The maximum absolute atomic E-state index is 4.32. The van der Waals surface area contributed by atoms with Crippen molar-refractivity contribution >= 4 is 11.3 Å². The lowest BCUT2D eigenvalue weighted by molar-refractivity contribution is 0.497. The molecule has 0 radical (unpaired) electrons. The number of rotatable bonds is 4. The molecule has 0 bridgehead atoms. The summed E-state index contributed by atoms with van der Waals surface area (Å²) >= 11 is 1.67. The first kappa shape index (κ1) is 12.9. The van der Waals surface area contributed by atoms with Crippen molar-refractivity contribution < 1.29 is 0 Å². The van der Waals surface area contributed by atoms with Gasteiger partial charge in [-0.2, -0.15) is 0 Å². The molecule has 3 rings (SSSR count). The molecule has 102 valence electrons. The molecule has 0 aliphatic heterocycles. The Labute approximate surface area is 121 Å². The standard InChI is InChI=1S/C14H15N5S/c1-3-13(14-10(2)16-9-20-14)19-8-12(17-18-19)11-5-4-6-15-7-11/h4-9,13H,3H2,1-2H3. The second-order valence-corrected chi connectivity index (χ2v) is 5.44. The fourth-order valence-electron chi connectivity index (χ4n) is 2.20. The molecule has 3 aromatic heterocycles. The predicted octanol–water partition coefficient (Wildman–Crippen LogP) is 3.10. The number of aromatic nitrogens is 5. The van der Waals surface area contributed by atoms with Gasteiger partial charge in [0.2, 0.25) is 0 Å². The number of pyridine rings is 1. The van der Waals surface area contributed by atoms with Gasteiger partial charge in [-0.15, -0.1) is 16.4 Å². The van der Waals surface area contributed by atoms with Gasteiger partial charge in [-0.1, -0.05) is 12.1 Å². The molecule has 0 spiro atoms. The Hall–Kier alpha value is -2.08. The van der Waals surface area contributed by atoms with E-state index in [-0.39, 0.29) is 6.04 Å². The van der Waals surface area contributed by atoms with Crippen LogP contribution >= 0.6 is 11.3 Å². The lowest BCUT2D eigenvalue weighted by Crippen LogP contribution is -2.10. The highest BCUT2D eigenvalue weighted by Gasteiger charge is 2.18. The average Bonchev–Trinajstić information content (AvgIpc) is 3.12. The summed E-state index contributed by atoms with van der Waals surface area (Å²) in [7, 11) is 0. The van der Waals surface area contributed by atoms with Crippen LogP contribution < -0.4 is 0 Å². The van der Waals surface area contributed by atoms with Crippen LogP contribution in [0.2, 0.25) is 0 Å².